The second-order valence-electron chi connectivity index (χ2n) is 4.45. The normalized spacial score (nSPS) is 9.43. The maximum Gasteiger partial charge on any atom is 0.303 e. The summed E-state index contributed by atoms with van der Waals surface area (Å²) >= 11 is 0. The number of amides is 1. The van der Waals surface area contributed by atoms with Crippen molar-refractivity contribution in [2.75, 3.05) is 12.0 Å². The van der Waals surface area contributed by atoms with Gasteiger partial charge in [0.25, 0.3) is 0 Å². The minimum Gasteiger partial charge on any atom is -0.497 e. The molecule has 2 rings (SSSR count). The number of hydrogen-bond acceptors (Lipinski definition) is 2. The van der Waals surface area contributed by atoms with Gasteiger partial charge in [0.1, 0.15) is 5.75 Å². The van der Waals surface area contributed by atoms with Crippen LogP contribution in [0.15, 0.2) is 54.6 Å². The van der Waals surface area contributed by atoms with Gasteiger partial charge in [-0.05, 0) is 42.7 Å². The largest absolute Gasteiger partial charge is 0.497 e. The van der Waals surface area contributed by atoms with Crippen LogP contribution in [-0.2, 0) is 11.3 Å². The molecule has 0 heterocycles. The average Bonchev–Trinajstić information content (AvgIpc) is 2.54. The fraction of sp³-hybridized carbons (Fsp3) is 0.167. The Hall–Kier alpha value is -2.73. The number of rotatable bonds is 4. The van der Waals surface area contributed by atoms with E-state index in [0.29, 0.717) is 6.54 Å². The maximum absolute atomic E-state index is 12.2. The number of methoxy groups -OCH3 is 1. The first-order valence-corrected chi connectivity index (χ1v) is 6.67. The van der Waals surface area contributed by atoms with Crippen molar-refractivity contribution < 1.29 is 9.53 Å². The summed E-state index contributed by atoms with van der Waals surface area (Å²) in [6, 6.07) is 17.2. The van der Waals surface area contributed by atoms with Crippen molar-refractivity contribution in [3.05, 3.63) is 60.2 Å². The van der Waals surface area contributed by atoms with Crippen molar-refractivity contribution >= 4 is 11.6 Å². The first-order chi connectivity index (χ1) is 10.2. The maximum atomic E-state index is 12.2. The Balaban J connectivity index is 2.26. The molecule has 0 aliphatic heterocycles. The third kappa shape index (κ3) is 3.87. The third-order valence-corrected chi connectivity index (χ3v) is 3.04. The summed E-state index contributed by atoms with van der Waals surface area (Å²) in [5.41, 5.74) is 1.85. The van der Waals surface area contributed by atoms with Crippen LogP contribution in [0.5, 0.6) is 5.75 Å². The molecule has 21 heavy (non-hydrogen) atoms. The molecule has 3 heteroatoms. The molecule has 2 aromatic rings. The summed E-state index contributed by atoms with van der Waals surface area (Å²) < 4.78 is 5.14. The Labute approximate surface area is 125 Å². The quantitative estimate of drug-likeness (QED) is 0.804. The molecule has 1 amide bonds. The topological polar surface area (TPSA) is 29.5 Å². The predicted octanol–water partition coefficient (Wildman–Crippen LogP) is 3.25. The van der Waals surface area contributed by atoms with Crippen LogP contribution < -0.4 is 9.64 Å². The minimum atomic E-state index is -0.209. The SMILES string of the molecule is CC#CC(=O)N(Cc1ccc(OC)cc1)c1ccccc1. The zero-order valence-corrected chi connectivity index (χ0v) is 12.2. The first kappa shape index (κ1) is 14.7. The Morgan fingerprint density at radius 1 is 1.10 bits per heavy atom. The van der Waals surface area contributed by atoms with E-state index < -0.39 is 0 Å². The lowest BCUT2D eigenvalue weighted by molar-refractivity contribution is -0.113. The molecular weight excluding hydrogens is 262 g/mol. The number of nitrogens with zero attached hydrogens (tertiary/aromatic N) is 1. The lowest BCUT2D eigenvalue weighted by Crippen LogP contribution is -2.29. The van der Waals surface area contributed by atoms with E-state index in [1.807, 2.05) is 54.6 Å². The standard InChI is InChI=1S/C18H17NO2/c1-3-7-18(20)19(16-8-5-4-6-9-16)14-15-10-12-17(21-2)13-11-15/h4-6,8-13H,14H2,1-2H3. The van der Waals surface area contributed by atoms with Gasteiger partial charge in [-0.3, -0.25) is 9.69 Å². The molecule has 0 N–H and O–H groups in total. The van der Waals surface area contributed by atoms with E-state index in [0.717, 1.165) is 17.0 Å². The van der Waals surface area contributed by atoms with Gasteiger partial charge in [0.05, 0.1) is 13.7 Å². The number of para-hydroxylation sites is 1. The van der Waals surface area contributed by atoms with E-state index in [1.54, 1.807) is 18.9 Å². The number of benzene rings is 2. The molecule has 0 saturated heterocycles. The van der Waals surface area contributed by atoms with Crippen molar-refractivity contribution in [2.24, 2.45) is 0 Å². The van der Waals surface area contributed by atoms with Gasteiger partial charge in [0.2, 0.25) is 0 Å². The van der Waals surface area contributed by atoms with E-state index >= 15 is 0 Å². The first-order valence-electron chi connectivity index (χ1n) is 6.67. The molecule has 0 aliphatic rings. The Morgan fingerprint density at radius 3 is 2.33 bits per heavy atom. The highest BCUT2D eigenvalue weighted by atomic mass is 16.5. The van der Waals surface area contributed by atoms with Crippen molar-refractivity contribution in [3.8, 4) is 17.6 Å². The van der Waals surface area contributed by atoms with E-state index in [-0.39, 0.29) is 5.91 Å². The summed E-state index contributed by atoms with van der Waals surface area (Å²) in [7, 11) is 1.63. The van der Waals surface area contributed by atoms with E-state index in [2.05, 4.69) is 11.8 Å². The van der Waals surface area contributed by atoms with Crippen molar-refractivity contribution in [3.63, 3.8) is 0 Å². The molecule has 0 radical (unpaired) electrons. The Morgan fingerprint density at radius 2 is 1.76 bits per heavy atom. The minimum absolute atomic E-state index is 0.209. The predicted molar refractivity (Wildman–Crippen MR) is 84.1 cm³/mol. The highest BCUT2D eigenvalue weighted by Crippen LogP contribution is 2.18. The van der Waals surface area contributed by atoms with Crippen LogP contribution in [0.3, 0.4) is 0 Å². The average molecular weight is 279 g/mol. The van der Waals surface area contributed by atoms with Gasteiger partial charge in [-0.25, -0.2) is 0 Å². The van der Waals surface area contributed by atoms with Crippen molar-refractivity contribution in [1.82, 2.24) is 0 Å². The molecular formula is C18H17NO2. The van der Waals surface area contributed by atoms with Gasteiger partial charge in [0.15, 0.2) is 0 Å². The van der Waals surface area contributed by atoms with E-state index in [4.69, 9.17) is 4.74 Å². The Bertz CT molecular complexity index is 651. The highest BCUT2D eigenvalue weighted by Gasteiger charge is 2.14. The molecule has 0 atom stereocenters. The fourth-order valence-corrected chi connectivity index (χ4v) is 1.98. The molecule has 3 nitrogen and oxygen atoms in total. The molecule has 0 fully saturated rings. The van der Waals surface area contributed by atoms with Crippen LogP contribution in [0.1, 0.15) is 12.5 Å². The smallest absolute Gasteiger partial charge is 0.303 e. The van der Waals surface area contributed by atoms with Gasteiger partial charge < -0.3 is 4.74 Å². The molecule has 0 spiro atoms. The van der Waals surface area contributed by atoms with Gasteiger partial charge >= 0.3 is 5.91 Å². The zero-order valence-electron chi connectivity index (χ0n) is 12.2. The molecule has 0 aromatic heterocycles. The second kappa shape index (κ2) is 7.16. The number of carbonyl (C=O) groups is 1. The third-order valence-electron chi connectivity index (χ3n) is 3.04. The highest BCUT2D eigenvalue weighted by molar-refractivity contribution is 6.05. The van der Waals surface area contributed by atoms with Crippen LogP contribution >= 0.6 is 0 Å². The Kier molecular flexibility index (Phi) is 5.00. The summed E-state index contributed by atoms with van der Waals surface area (Å²) in [4.78, 5) is 13.9. The summed E-state index contributed by atoms with van der Waals surface area (Å²) in [5, 5.41) is 0. The number of hydrogen-bond donors (Lipinski definition) is 0. The van der Waals surface area contributed by atoms with Gasteiger partial charge in [-0.15, -0.1) is 0 Å². The van der Waals surface area contributed by atoms with E-state index in [1.165, 1.54) is 0 Å². The lowest BCUT2D eigenvalue weighted by Gasteiger charge is -2.20. The van der Waals surface area contributed by atoms with Gasteiger partial charge in [-0.1, -0.05) is 36.3 Å². The number of carbonyl (C=O) groups excluding carboxylic acids is 1. The summed E-state index contributed by atoms with van der Waals surface area (Å²) in [5.74, 6) is 5.85. The van der Waals surface area contributed by atoms with Gasteiger partial charge in [0, 0.05) is 5.69 Å². The molecule has 0 bridgehead atoms. The van der Waals surface area contributed by atoms with Crippen molar-refractivity contribution in [2.45, 2.75) is 13.5 Å². The number of anilines is 1. The summed E-state index contributed by atoms with van der Waals surface area (Å²) in [6.45, 7) is 2.13. The van der Waals surface area contributed by atoms with Crippen LogP contribution in [-0.4, -0.2) is 13.0 Å². The zero-order chi connectivity index (χ0) is 15.1. The molecule has 0 saturated carbocycles. The molecule has 0 unspecified atom stereocenters. The van der Waals surface area contributed by atoms with Crippen molar-refractivity contribution in [1.29, 1.82) is 0 Å². The number of ether oxygens (including phenoxy) is 1. The van der Waals surface area contributed by atoms with Crippen LogP contribution in [0.25, 0.3) is 0 Å². The van der Waals surface area contributed by atoms with Crippen LogP contribution in [0.2, 0.25) is 0 Å². The van der Waals surface area contributed by atoms with Crippen LogP contribution in [0.4, 0.5) is 5.69 Å². The fourth-order valence-electron chi connectivity index (χ4n) is 1.98. The molecule has 0 aliphatic carbocycles. The van der Waals surface area contributed by atoms with Gasteiger partial charge in [-0.2, -0.15) is 0 Å². The lowest BCUT2D eigenvalue weighted by atomic mass is 10.2. The second-order valence-corrected chi connectivity index (χ2v) is 4.45. The monoisotopic (exact) mass is 279 g/mol. The molecule has 2 aromatic carbocycles. The molecule has 106 valence electrons. The van der Waals surface area contributed by atoms with E-state index in [9.17, 15) is 4.79 Å². The summed E-state index contributed by atoms with van der Waals surface area (Å²) in [6.07, 6.45) is 0. The van der Waals surface area contributed by atoms with Crippen LogP contribution in [0, 0.1) is 11.8 Å².